The summed E-state index contributed by atoms with van der Waals surface area (Å²) in [6, 6.07) is 26.0. The minimum absolute atomic E-state index is 0.289. The lowest BCUT2D eigenvalue weighted by Gasteiger charge is -2.07. The number of aromatic nitrogens is 1. The molecule has 1 N–H and O–H groups in total. The zero-order chi connectivity index (χ0) is 19.9. The first-order chi connectivity index (χ1) is 13.6. The Labute approximate surface area is 163 Å². The molecule has 4 nitrogen and oxygen atoms in total. The van der Waals surface area contributed by atoms with Gasteiger partial charge in [-0.3, -0.25) is 4.79 Å². The van der Waals surface area contributed by atoms with Crippen LogP contribution in [-0.2, 0) is 0 Å². The van der Waals surface area contributed by atoms with Crippen molar-refractivity contribution in [3.8, 4) is 11.3 Å². The first-order valence-electron chi connectivity index (χ1n) is 8.79. The van der Waals surface area contributed by atoms with Crippen LogP contribution >= 0.6 is 0 Å². The van der Waals surface area contributed by atoms with E-state index in [-0.39, 0.29) is 5.56 Å². The molecule has 3 aromatic carbocycles. The molecule has 1 aromatic heterocycles. The molecule has 0 fully saturated rings. The molecule has 0 radical (unpaired) electrons. The van der Waals surface area contributed by atoms with Crippen molar-refractivity contribution in [1.82, 2.24) is 4.98 Å². The number of carbonyl (C=O) groups excluding carboxylic acids is 1. The fourth-order valence-corrected chi connectivity index (χ4v) is 2.80. The van der Waals surface area contributed by atoms with Crippen LogP contribution in [0.3, 0.4) is 0 Å². The third kappa shape index (κ3) is 4.48. The highest BCUT2D eigenvalue weighted by molar-refractivity contribution is 6.03. The van der Waals surface area contributed by atoms with Crippen molar-refractivity contribution in [2.45, 2.75) is 6.92 Å². The summed E-state index contributed by atoms with van der Waals surface area (Å²) in [4.78, 5) is 26.1. The molecule has 4 aromatic rings. The molecule has 0 saturated carbocycles. The van der Waals surface area contributed by atoms with Gasteiger partial charge in [-0.05, 0) is 25.1 Å². The van der Waals surface area contributed by atoms with Crippen LogP contribution in [0.5, 0.6) is 0 Å². The van der Waals surface area contributed by atoms with E-state index in [0.717, 1.165) is 23.0 Å². The summed E-state index contributed by atoms with van der Waals surface area (Å²) in [5.41, 5.74) is 4.34. The number of nitrogens with zero attached hydrogens (tertiary/aromatic N) is 1. The predicted octanol–water partition coefficient (Wildman–Crippen LogP) is 5.41. The summed E-state index contributed by atoms with van der Waals surface area (Å²) in [5.74, 6) is -0.930. The minimum Gasteiger partial charge on any atom is -0.478 e. The van der Waals surface area contributed by atoms with Crippen molar-refractivity contribution in [3.05, 3.63) is 102 Å². The van der Waals surface area contributed by atoms with Gasteiger partial charge in [-0.15, -0.1) is 0 Å². The summed E-state index contributed by atoms with van der Waals surface area (Å²) >= 11 is 0. The number of pyridine rings is 1. The van der Waals surface area contributed by atoms with Crippen LogP contribution < -0.4 is 0 Å². The van der Waals surface area contributed by atoms with Gasteiger partial charge in [0.15, 0.2) is 0 Å². The van der Waals surface area contributed by atoms with Gasteiger partial charge in [-0.1, -0.05) is 72.3 Å². The number of hydrogen-bond acceptors (Lipinski definition) is 3. The number of hydrogen-bond donors (Lipinski definition) is 1. The van der Waals surface area contributed by atoms with Crippen molar-refractivity contribution in [2.75, 3.05) is 0 Å². The van der Waals surface area contributed by atoms with E-state index in [1.165, 1.54) is 0 Å². The molecule has 0 saturated heterocycles. The zero-order valence-electron chi connectivity index (χ0n) is 15.4. The number of fused-ring (bicyclic) bond motifs is 1. The molecule has 4 rings (SSSR count). The summed E-state index contributed by atoms with van der Waals surface area (Å²) in [6.07, 6.45) is 0.833. The van der Waals surface area contributed by atoms with Gasteiger partial charge >= 0.3 is 5.97 Å². The molecule has 0 unspecified atom stereocenters. The standard InChI is InChI=1S/C17H13NO2.C7H6O/c1-11-7-8-15-13(9-11)14(17(19)20)10-16(18-15)12-5-3-2-4-6-12;8-6-7-4-2-1-3-5-7/h2-10H,1H3,(H,19,20);1-6H. The van der Waals surface area contributed by atoms with Crippen molar-refractivity contribution in [2.24, 2.45) is 0 Å². The van der Waals surface area contributed by atoms with E-state index in [1.807, 2.05) is 73.7 Å². The number of carboxylic acid groups (broad SMARTS) is 1. The smallest absolute Gasteiger partial charge is 0.336 e. The SMILES string of the molecule is Cc1ccc2nc(-c3ccccc3)cc(C(=O)O)c2c1.O=Cc1ccccc1. The molecular weight excluding hydrogens is 350 g/mol. The fourth-order valence-electron chi connectivity index (χ4n) is 2.80. The van der Waals surface area contributed by atoms with Gasteiger partial charge < -0.3 is 5.11 Å². The Morgan fingerprint density at radius 3 is 2.11 bits per heavy atom. The topological polar surface area (TPSA) is 67.3 Å². The van der Waals surface area contributed by atoms with E-state index >= 15 is 0 Å². The van der Waals surface area contributed by atoms with Crippen LogP contribution in [0.2, 0.25) is 0 Å². The Morgan fingerprint density at radius 2 is 1.54 bits per heavy atom. The number of aryl methyl sites for hydroxylation is 1. The van der Waals surface area contributed by atoms with Gasteiger partial charge in [-0.2, -0.15) is 0 Å². The van der Waals surface area contributed by atoms with Crippen LogP contribution in [0.25, 0.3) is 22.2 Å². The summed E-state index contributed by atoms with van der Waals surface area (Å²) in [7, 11) is 0. The van der Waals surface area contributed by atoms with Crippen molar-refractivity contribution < 1.29 is 14.7 Å². The van der Waals surface area contributed by atoms with Gasteiger partial charge in [0, 0.05) is 16.5 Å². The fraction of sp³-hybridized carbons (Fsp3) is 0.0417. The Hall–Kier alpha value is -3.79. The van der Waals surface area contributed by atoms with Crippen LogP contribution in [-0.4, -0.2) is 22.3 Å². The van der Waals surface area contributed by atoms with Crippen LogP contribution in [0.4, 0.5) is 0 Å². The Kier molecular flexibility index (Phi) is 5.92. The molecule has 138 valence electrons. The molecule has 0 spiro atoms. The second kappa shape index (κ2) is 8.73. The maximum Gasteiger partial charge on any atom is 0.336 e. The van der Waals surface area contributed by atoms with E-state index in [1.54, 1.807) is 18.2 Å². The van der Waals surface area contributed by atoms with Crippen molar-refractivity contribution in [3.63, 3.8) is 0 Å². The largest absolute Gasteiger partial charge is 0.478 e. The van der Waals surface area contributed by atoms with Crippen LogP contribution in [0, 0.1) is 6.92 Å². The summed E-state index contributed by atoms with van der Waals surface area (Å²) in [6.45, 7) is 1.94. The molecule has 0 amide bonds. The number of carboxylic acids is 1. The van der Waals surface area contributed by atoms with Crippen LogP contribution in [0.15, 0.2) is 84.9 Å². The highest BCUT2D eigenvalue weighted by atomic mass is 16.4. The van der Waals surface area contributed by atoms with Crippen LogP contribution in [0.1, 0.15) is 26.3 Å². The molecule has 0 aliphatic carbocycles. The highest BCUT2D eigenvalue weighted by Crippen LogP contribution is 2.25. The lowest BCUT2D eigenvalue weighted by molar-refractivity contribution is 0.0699. The molecule has 28 heavy (non-hydrogen) atoms. The third-order valence-corrected chi connectivity index (χ3v) is 4.20. The van der Waals surface area contributed by atoms with Gasteiger partial charge in [0.05, 0.1) is 16.8 Å². The summed E-state index contributed by atoms with van der Waals surface area (Å²) in [5, 5.41) is 10.1. The predicted molar refractivity (Wildman–Crippen MR) is 111 cm³/mol. The molecule has 0 bridgehead atoms. The third-order valence-electron chi connectivity index (χ3n) is 4.20. The number of benzene rings is 3. The molecule has 0 atom stereocenters. The van der Waals surface area contributed by atoms with Gasteiger partial charge in [0.2, 0.25) is 0 Å². The van der Waals surface area contributed by atoms with E-state index < -0.39 is 5.97 Å². The highest BCUT2D eigenvalue weighted by Gasteiger charge is 2.12. The van der Waals surface area contributed by atoms with E-state index in [4.69, 9.17) is 0 Å². The first kappa shape index (κ1) is 19.0. The number of rotatable bonds is 3. The van der Waals surface area contributed by atoms with Gasteiger partial charge in [0.25, 0.3) is 0 Å². The summed E-state index contributed by atoms with van der Waals surface area (Å²) < 4.78 is 0. The number of carbonyl (C=O) groups is 2. The molecule has 1 heterocycles. The lowest BCUT2D eigenvalue weighted by atomic mass is 10.0. The first-order valence-corrected chi connectivity index (χ1v) is 8.79. The monoisotopic (exact) mass is 369 g/mol. The maximum atomic E-state index is 11.5. The normalized spacial score (nSPS) is 10.0. The minimum atomic E-state index is -0.930. The Bertz CT molecular complexity index is 1110. The number of aromatic carboxylic acids is 1. The number of aldehydes is 1. The lowest BCUT2D eigenvalue weighted by Crippen LogP contribution is -2.00. The average Bonchev–Trinajstić information content (AvgIpc) is 2.74. The van der Waals surface area contributed by atoms with Gasteiger partial charge in [-0.25, -0.2) is 9.78 Å². The second-order valence-electron chi connectivity index (χ2n) is 6.28. The maximum absolute atomic E-state index is 11.5. The molecule has 0 aliphatic rings. The second-order valence-corrected chi connectivity index (χ2v) is 6.28. The Morgan fingerprint density at radius 1 is 0.893 bits per heavy atom. The van der Waals surface area contributed by atoms with Crippen molar-refractivity contribution in [1.29, 1.82) is 0 Å². The van der Waals surface area contributed by atoms with E-state index in [2.05, 4.69) is 4.98 Å². The van der Waals surface area contributed by atoms with Crippen molar-refractivity contribution >= 4 is 23.2 Å². The molecular formula is C24H19NO3. The quantitative estimate of drug-likeness (QED) is 0.491. The van der Waals surface area contributed by atoms with E-state index in [9.17, 15) is 14.7 Å². The average molecular weight is 369 g/mol. The Balaban J connectivity index is 0.000000236. The van der Waals surface area contributed by atoms with Gasteiger partial charge in [0.1, 0.15) is 6.29 Å². The molecule has 0 aliphatic heterocycles. The zero-order valence-corrected chi connectivity index (χ0v) is 15.4. The van der Waals surface area contributed by atoms with E-state index in [0.29, 0.717) is 16.6 Å². The molecule has 4 heteroatoms.